The van der Waals surface area contributed by atoms with Crippen LogP contribution in [-0.4, -0.2) is 18.8 Å². The molecule has 3 saturated carbocycles. The van der Waals surface area contributed by atoms with E-state index in [2.05, 4.69) is 34.6 Å². The Morgan fingerprint density at radius 2 is 1.88 bits per heavy atom. The minimum absolute atomic E-state index is 0.0187. The summed E-state index contributed by atoms with van der Waals surface area (Å²) in [5.41, 5.74) is 0.438. The fourth-order valence-electron chi connectivity index (χ4n) is 4.19. The highest BCUT2D eigenvalue weighted by Gasteiger charge is 2.67. The van der Waals surface area contributed by atoms with Crippen molar-refractivity contribution in [3.63, 3.8) is 0 Å². The van der Waals surface area contributed by atoms with Gasteiger partial charge in [0.15, 0.2) is 0 Å². The van der Waals surface area contributed by atoms with E-state index in [-0.39, 0.29) is 12.7 Å². The van der Waals surface area contributed by atoms with Gasteiger partial charge < -0.3 is 9.31 Å². The smallest absolute Gasteiger partial charge is 0.405 e. The normalized spacial score (nSPS) is 49.1. The SMILES string of the molecule is CC(C)B1OC2C[C@@H]3C[C@@H](C3(C)C)[C@]2(C)O1. The van der Waals surface area contributed by atoms with Gasteiger partial charge in [-0.15, -0.1) is 0 Å². The molecule has 0 aromatic carbocycles. The lowest BCUT2D eigenvalue weighted by Gasteiger charge is -2.64. The van der Waals surface area contributed by atoms with Gasteiger partial charge in [0, 0.05) is 0 Å². The molecule has 0 N–H and O–H groups in total. The van der Waals surface area contributed by atoms with Crippen molar-refractivity contribution >= 4 is 7.12 Å². The molecule has 3 aliphatic carbocycles. The van der Waals surface area contributed by atoms with Gasteiger partial charge in [0.25, 0.3) is 0 Å². The van der Waals surface area contributed by atoms with Crippen LogP contribution in [0, 0.1) is 17.3 Å². The molecule has 1 unspecified atom stereocenters. The van der Waals surface area contributed by atoms with Gasteiger partial charge in [-0.3, -0.25) is 0 Å². The van der Waals surface area contributed by atoms with E-state index in [1.165, 1.54) is 12.8 Å². The van der Waals surface area contributed by atoms with E-state index >= 15 is 0 Å². The zero-order valence-corrected chi connectivity index (χ0v) is 11.1. The Labute approximate surface area is 99.2 Å². The lowest BCUT2D eigenvalue weighted by Crippen LogP contribution is -2.65. The predicted molar refractivity (Wildman–Crippen MR) is 65.2 cm³/mol. The van der Waals surface area contributed by atoms with Gasteiger partial charge in [0.05, 0.1) is 11.7 Å². The largest absolute Gasteiger partial charge is 0.460 e. The van der Waals surface area contributed by atoms with Crippen LogP contribution in [0.1, 0.15) is 47.5 Å². The second kappa shape index (κ2) is 3.05. The van der Waals surface area contributed by atoms with Crippen LogP contribution < -0.4 is 0 Å². The molecule has 1 heterocycles. The van der Waals surface area contributed by atoms with Crippen LogP contribution >= 0.6 is 0 Å². The molecule has 0 spiro atoms. The van der Waals surface area contributed by atoms with E-state index < -0.39 is 0 Å². The molecular weight excluding hydrogens is 199 g/mol. The van der Waals surface area contributed by atoms with Crippen molar-refractivity contribution < 1.29 is 9.31 Å². The molecule has 0 aromatic heterocycles. The van der Waals surface area contributed by atoms with Gasteiger partial charge in [-0.1, -0.05) is 27.7 Å². The van der Waals surface area contributed by atoms with Crippen LogP contribution in [0.4, 0.5) is 0 Å². The van der Waals surface area contributed by atoms with Gasteiger partial charge in [0.2, 0.25) is 0 Å². The van der Waals surface area contributed by atoms with Gasteiger partial charge in [-0.25, -0.2) is 0 Å². The lowest BCUT2D eigenvalue weighted by atomic mass is 9.43. The Kier molecular flexibility index (Phi) is 2.12. The highest BCUT2D eigenvalue weighted by molar-refractivity contribution is 6.47. The molecule has 2 nitrogen and oxygen atoms in total. The summed E-state index contributed by atoms with van der Waals surface area (Å²) >= 11 is 0. The summed E-state index contributed by atoms with van der Waals surface area (Å²) in [6, 6.07) is 0. The lowest BCUT2D eigenvalue weighted by molar-refractivity contribution is -0.199. The molecule has 1 saturated heterocycles. The molecule has 4 atom stereocenters. The maximum absolute atomic E-state index is 6.28. The molecule has 0 aromatic rings. The molecule has 4 aliphatic rings. The van der Waals surface area contributed by atoms with E-state index in [4.69, 9.17) is 9.31 Å². The molecule has 4 rings (SSSR count). The van der Waals surface area contributed by atoms with Crippen molar-refractivity contribution in [1.29, 1.82) is 0 Å². The van der Waals surface area contributed by atoms with Crippen LogP contribution in [0.3, 0.4) is 0 Å². The first-order chi connectivity index (χ1) is 7.35. The summed E-state index contributed by atoms with van der Waals surface area (Å²) in [5.74, 6) is 2.00. The van der Waals surface area contributed by atoms with Gasteiger partial charge in [-0.2, -0.15) is 0 Å². The summed E-state index contributed by atoms with van der Waals surface area (Å²) in [7, 11) is 0.0187. The number of hydrogen-bond acceptors (Lipinski definition) is 2. The first-order valence-electron chi connectivity index (χ1n) is 6.69. The Balaban J connectivity index is 1.87. The van der Waals surface area contributed by atoms with Gasteiger partial charge in [-0.05, 0) is 42.8 Å². The summed E-state index contributed by atoms with van der Waals surface area (Å²) in [6.07, 6.45) is 2.88. The van der Waals surface area contributed by atoms with Crippen molar-refractivity contribution in [3.8, 4) is 0 Å². The van der Waals surface area contributed by atoms with E-state index in [0.29, 0.717) is 23.3 Å². The summed E-state index contributed by atoms with van der Waals surface area (Å²) in [6.45, 7) is 11.4. The van der Waals surface area contributed by atoms with Crippen LogP contribution in [0.25, 0.3) is 0 Å². The Morgan fingerprint density at radius 3 is 2.44 bits per heavy atom. The third-order valence-electron chi connectivity index (χ3n) is 5.51. The van der Waals surface area contributed by atoms with Crippen molar-refractivity contribution in [3.05, 3.63) is 0 Å². The van der Waals surface area contributed by atoms with Crippen LogP contribution in [0.2, 0.25) is 5.82 Å². The Hall–Kier alpha value is -0.0151. The molecule has 4 fully saturated rings. The van der Waals surface area contributed by atoms with Crippen LogP contribution in [0.15, 0.2) is 0 Å². The molecule has 3 heteroatoms. The Morgan fingerprint density at radius 1 is 1.19 bits per heavy atom. The summed E-state index contributed by atoms with van der Waals surface area (Å²) in [4.78, 5) is 0. The highest BCUT2D eigenvalue weighted by Crippen LogP contribution is 2.65. The maximum Gasteiger partial charge on any atom is 0.460 e. The monoisotopic (exact) mass is 222 g/mol. The number of hydrogen-bond donors (Lipinski definition) is 0. The maximum atomic E-state index is 6.28. The topological polar surface area (TPSA) is 18.5 Å². The molecule has 1 aliphatic heterocycles. The fraction of sp³-hybridized carbons (Fsp3) is 1.00. The van der Waals surface area contributed by atoms with Crippen molar-refractivity contribution in [2.45, 2.75) is 65.0 Å². The first-order valence-corrected chi connectivity index (χ1v) is 6.69. The molecular formula is C13H23BO2. The average molecular weight is 222 g/mol. The second-order valence-electron chi connectivity index (χ2n) is 7.08. The standard InChI is InChI=1S/C13H23BO2/c1-8(2)14-15-11-7-9-6-10(12(9,3)4)13(11,5)16-14/h8-11H,6-7H2,1-5H3/t9-,10-,11?,13-/m0/s1. The third kappa shape index (κ3) is 1.17. The van der Waals surface area contributed by atoms with Crippen LogP contribution in [0.5, 0.6) is 0 Å². The second-order valence-corrected chi connectivity index (χ2v) is 7.08. The predicted octanol–water partition coefficient (Wildman–Crippen LogP) is 3.12. The van der Waals surface area contributed by atoms with Crippen molar-refractivity contribution in [1.82, 2.24) is 0 Å². The quantitative estimate of drug-likeness (QED) is 0.634. The third-order valence-corrected chi connectivity index (χ3v) is 5.51. The minimum atomic E-state index is -0.0206. The Bertz CT molecular complexity index is 315. The molecule has 16 heavy (non-hydrogen) atoms. The van der Waals surface area contributed by atoms with E-state index in [1.807, 2.05) is 0 Å². The van der Waals surface area contributed by atoms with Gasteiger partial charge in [0.1, 0.15) is 0 Å². The molecule has 2 bridgehead atoms. The average Bonchev–Trinajstić information content (AvgIpc) is 2.54. The molecule has 0 radical (unpaired) electrons. The first kappa shape index (κ1) is 11.1. The summed E-state index contributed by atoms with van der Waals surface area (Å²) in [5, 5.41) is 0. The highest BCUT2D eigenvalue weighted by atomic mass is 16.7. The summed E-state index contributed by atoms with van der Waals surface area (Å²) < 4.78 is 12.4. The molecule has 0 amide bonds. The van der Waals surface area contributed by atoms with Crippen LogP contribution in [-0.2, 0) is 9.31 Å². The van der Waals surface area contributed by atoms with E-state index in [9.17, 15) is 0 Å². The fourth-order valence-corrected chi connectivity index (χ4v) is 4.19. The van der Waals surface area contributed by atoms with Gasteiger partial charge >= 0.3 is 7.12 Å². The number of rotatable bonds is 1. The van der Waals surface area contributed by atoms with E-state index in [0.717, 1.165) is 5.92 Å². The molecule has 90 valence electrons. The van der Waals surface area contributed by atoms with Crippen molar-refractivity contribution in [2.75, 3.05) is 0 Å². The zero-order chi connectivity index (χ0) is 11.7. The van der Waals surface area contributed by atoms with Crippen molar-refractivity contribution in [2.24, 2.45) is 17.3 Å². The zero-order valence-electron chi connectivity index (χ0n) is 11.1. The minimum Gasteiger partial charge on any atom is -0.405 e. The van der Waals surface area contributed by atoms with E-state index in [1.54, 1.807) is 0 Å².